The first-order valence-electron chi connectivity index (χ1n) is 8.21. The normalized spacial score (nSPS) is 17.2. The van der Waals surface area contributed by atoms with E-state index < -0.39 is 10.0 Å². The molecule has 1 aliphatic heterocycles. The molecule has 0 aromatic heterocycles. The van der Waals surface area contributed by atoms with E-state index in [0.717, 1.165) is 19.4 Å². The maximum absolute atomic E-state index is 12.1. The fourth-order valence-corrected chi connectivity index (χ4v) is 3.69. The summed E-state index contributed by atoms with van der Waals surface area (Å²) in [5.41, 5.74) is 0. The van der Waals surface area contributed by atoms with Crippen molar-refractivity contribution in [2.45, 2.75) is 23.8 Å². The molecule has 2 rings (SSSR count). The molecule has 0 aliphatic carbocycles. The molecule has 1 heterocycles. The number of ether oxygens (including phenoxy) is 3. The summed E-state index contributed by atoms with van der Waals surface area (Å²) in [5.74, 6) is -0.0655. The summed E-state index contributed by atoms with van der Waals surface area (Å²) in [6.07, 6.45) is 1.99. The van der Waals surface area contributed by atoms with Gasteiger partial charge in [-0.3, -0.25) is 4.79 Å². The van der Waals surface area contributed by atoms with Crippen molar-refractivity contribution in [3.05, 3.63) is 23.2 Å². The number of halogens is 1. The largest absolute Gasteiger partial charge is 0.482 e. The number of hydrogen-bond acceptors (Lipinski definition) is 6. The zero-order valence-electron chi connectivity index (χ0n) is 14.5. The van der Waals surface area contributed by atoms with Gasteiger partial charge >= 0.3 is 0 Å². The molecule has 1 atom stereocenters. The summed E-state index contributed by atoms with van der Waals surface area (Å²) in [4.78, 5) is 11.8. The third kappa shape index (κ3) is 6.40. The number of sulfonamides is 1. The molecule has 8 nitrogen and oxygen atoms in total. The van der Waals surface area contributed by atoms with Gasteiger partial charge < -0.3 is 19.5 Å². The van der Waals surface area contributed by atoms with Gasteiger partial charge in [0.05, 0.1) is 22.6 Å². The Morgan fingerprint density at radius 1 is 1.42 bits per heavy atom. The Labute approximate surface area is 158 Å². The van der Waals surface area contributed by atoms with Crippen molar-refractivity contribution in [1.82, 2.24) is 10.0 Å². The lowest BCUT2D eigenvalue weighted by Gasteiger charge is -2.12. The number of carbonyl (C=O) groups is 1. The number of amides is 1. The number of rotatable bonds is 10. The first-order valence-corrected chi connectivity index (χ1v) is 10.1. The second-order valence-corrected chi connectivity index (χ2v) is 7.88. The summed E-state index contributed by atoms with van der Waals surface area (Å²) in [6, 6.07) is 4.05. The van der Waals surface area contributed by atoms with Gasteiger partial charge in [-0.25, -0.2) is 13.1 Å². The van der Waals surface area contributed by atoms with Crippen LogP contribution in [-0.4, -0.2) is 60.4 Å². The maximum Gasteiger partial charge on any atom is 0.258 e. The van der Waals surface area contributed by atoms with Crippen molar-refractivity contribution in [2.75, 3.05) is 40.0 Å². The predicted molar refractivity (Wildman–Crippen MR) is 96.0 cm³/mol. The van der Waals surface area contributed by atoms with Crippen molar-refractivity contribution >= 4 is 27.5 Å². The molecule has 1 aromatic rings. The van der Waals surface area contributed by atoms with Gasteiger partial charge in [0, 0.05) is 26.8 Å². The average Bonchev–Trinajstić information content (AvgIpc) is 3.12. The van der Waals surface area contributed by atoms with Crippen molar-refractivity contribution in [3.8, 4) is 5.75 Å². The minimum absolute atomic E-state index is 0.00814. The Balaban J connectivity index is 1.85. The average molecular weight is 407 g/mol. The van der Waals surface area contributed by atoms with E-state index in [2.05, 4.69) is 10.0 Å². The lowest BCUT2D eigenvalue weighted by atomic mass is 10.2. The standard InChI is InChI=1S/C16H23ClN2O6S/c1-23-8-6-19-26(21,22)13-4-5-15(14(17)9-13)25-11-16(20)18-10-12-3-2-7-24-12/h4-5,9,12,19H,2-3,6-8,10-11H2,1H3,(H,18,20)/t12-/m0/s1. The monoisotopic (exact) mass is 406 g/mol. The van der Waals surface area contributed by atoms with Gasteiger partial charge in [0.2, 0.25) is 10.0 Å². The first kappa shape index (κ1) is 20.9. The van der Waals surface area contributed by atoms with Crippen LogP contribution in [0.25, 0.3) is 0 Å². The van der Waals surface area contributed by atoms with E-state index in [0.29, 0.717) is 6.54 Å². The van der Waals surface area contributed by atoms with Crippen molar-refractivity contribution in [3.63, 3.8) is 0 Å². The number of hydrogen-bond donors (Lipinski definition) is 2. The van der Waals surface area contributed by atoms with Crippen LogP contribution in [0.4, 0.5) is 0 Å². The van der Waals surface area contributed by atoms with Crippen LogP contribution in [0.3, 0.4) is 0 Å². The molecule has 2 N–H and O–H groups in total. The number of benzene rings is 1. The van der Waals surface area contributed by atoms with Gasteiger partial charge in [-0.15, -0.1) is 0 Å². The molecule has 0 saturated carbocycles. The Kier molecular flexibility index (Phi) is 8.11. The molecule has 1 aromatic carbocycles. The molecule has 1 fully saturated rings. The van der Waals surface area contributed by atoms with Crippen LogP contribution >= 0.6 is 11.6 Å². The van der Waals surface area contributed by atoms with E-state index in [9.17, 15) is 13.2 Å². The van der Waals surface area contributed by atoms with E-state index in [4.69, 9.17) is 25.8 Å². The smallest absolute Gasteiger partial charge is 0.258 e. The third-order valence-corrected chi connectivity index (χ3v) is 5.48. The summed E-state index contributed by atoms with van der Waals surface area (Å²) in [7, 11) is -2.20. The Morgan fingerprint density at radius 3 is 2.88 bits per heavy atom. The molecule has 1 aliphatic rings. The fraction of sp³-hybridized carbons (Fsp3) is 0.562. The zero-order valence-corrected chi connectivity index (χ0v) is 16.1. The highest BCUT2D eigenvalue weighted by Gasteiger charge is 2.18. The zero-order chi connectivity index (χ0) is 19.0. The van der Waals surface area contributed by atoms with Gasteiger partial charge in [0.1, 0.15) is 5.75 Å². The molecule has 146 valence electrons. The van der Waals surface area contributed by atoms with Gasteiger partial charge in [-0.2, -0.15) is 0 Å². The van der Waals surface area contributed by atoms with Crippen molar-refractivity contribution in [2.24, 2.45) is 0 Å². The highest BCUT2D eigenvalue weighted by Crippen LogP contribution is 2.27. The molecule has 0 bridgehead atoms. The van der Waals surface area contributed by atoms with E-state index in [1.165, 1.54) is 25.3 Å². The molecular formula is C16H23ClN2O6S. The van der Waals surface area contributed by atoms with Gasteiger partial charge in [0.15, 0.2) is 6.61 Å². The lowest BCUT2D eigenvalue weighted by molar-refractivity contribution is -0.123. The summed E-state index contributed by atoms with van der Waals surface area (Å²) in [5, 5.41) is 2.83. The predicted octanol–water partition coefficient (Wildman–Crippen LogP) is 0.939. The van der Waals surface area contributed by atoms with Crippen LogP contribution in [0.5, 0.6) is 5.75 Å². The highest BCUT2D eigenvalue weighted by atomic mass is 35.5. The molecule has 0 spiro atoms. The fourth-order valence-electron chi connectivity index (χ4n) is 2.35. The van der Waals surface area contributed by atoms with E-state index >= 15 is 0 Å². The minimum atomic E-state index is -3.68. The van der Waals surface area contributed by atoms with Crippen LogP contribution in [0, 0.1) is 0 Å². The van der Waals surface area contributed by atoms with Crippen LogP contribution in [-0.2, 0) is 24.3 Å². The first-order chi connectivity index (χ1) is 12.4. The van der Waals surface area contributed by atoms with Gasteiger partial charge in [-0.1, -0.05) is 11.6 Å². The summed E-state index contributed by atoms with van der Waals surface area (Å²) in [6.45, 7) is 1.36. The molecule has 0 radical (unpaired) electrons. The van der Waals surface area contributed by atoms with Gasteiger partial charge in [0.25, 0.3) is 5.91 Å². The highest BCUT2D eigenvalue weighted by molar-refractivity contribution is 7.89. The second-order valence-electron chi connectivity index (χ2n) is 5.71. The molecule has 1 amide bonds. The Morgan fingerprint density at radius 2 is 2.23 bits per heavy atom. The van der Waals surface area contributed by atoms with Crippen LogP contribution < -0.4 is 14.8 Å². The molecule has 10 heteroatoms. The van der Waals surface area contributed by atoms with Crippen LogP contribution in [0.1, 0.15) is 12.8 Å². The molecule has 1 saturated heterocycles. The number of carbonyl (C=O) groups excluding carboxylic acids is 1. The molecular weight excluding hydrogens is 384 g/mol. The van der Waals surface area contributed by atoms with E-state index in [1.54, 1.807) is 0 Å². The van der Waals surface area contributed by atoms with Crippen LogP contribution in [0.15, 0.2) is 23.1 Å². The van der Waals surface area contributed by atoms with Gasteiger partial charge in [-0.05, 0) is 31.0 Å². The number of nitrogens with one attached hydrogen (secondary N) is 2. The van der Waals surface area contributed by atoms with Crippen molar-refractivity contribution in [1.29, 1.82) is 0 Å². The van der Waals surface area contributed by atoms with E-state index in [-0.39, 0.29) is 47.4 Å². The topological polar surface area (TPSA) is 103 Å². The maximum atomic E-state index is 12.1. The molecule has 26 heavy (non-hydrogen) atoms. The lowest BCUT2D eigenvalue weighted by Crippen LogP contribution is -2.35. The quantitative estimate of drug-likeness (QED) is 0.560. The van der Waals surface area contributed by atoms with Crippen molar-refractivity contribution < 1.29 is 27.4 Å². The molecule has 0 unspecified atom stereocenters. The van der Waals surface area contributed by atoms with Crippen LogP contribution in [0.2, 0.25) is 5.02 Å². The van der Waals surface area contributed by atoms with E-state index in [1.807, 2.05) is 0 Å². The second kappa shape index (κ2) is 10.1. The summed E-state index contributed by atoms with van der Waals surface area (Å²) < 4.78 is 42.2. The summed E-state index contributed by atoms with van der Waals surface area (Å²) >= 11 is 6.07. The number of methoxy groups -OCH3 is 1. The SMILES string of the molecule is COCCNS(=O)(=O)c1ccc(OCC(=O)NC[C@@H]2CCCO2)c(Cl)c1. The third-order valence-electron chi connectivity index (χ3n) is 3.72. The Hall–Kier alpha value is -1.39. The Bertz CT molecular complexity index is 707. The minimum Gasteiger partial charge on any atom is -0.482 e.